The molecule has 5 aromatic rings. The molecule has 1 N–H and O–H groups in total. The lowest BCUT2D eigenvalue weighted by Crippen LogP contribution is -2.33. The standard InChI is InChI=1S/C27H24N6O2/c1-18-21-9-5-6-10-22(21)27(35)33(30-18)17-26(34)28-19-11-12-24-23(15-19)29-25-16-31(13-14-32(24)25)20-7-3-2-4-8-20/h2-12,15H,13-14,16-17H2,1H3,(H,28,34). The number of carbonyl (C=O) groups is 1. The third-order valence-electron chi connectivity index (χ3n) is 6.50. The molecule has 0 saturated carbocycles. The highest BCUT2D eigenvalue weighted by Crippen LogP contribution is 2.26. The largest absolute Gasteiger partial charge is 0.362 e. The second-order valence-electron chi connectivity index (χ2n) is 8.78. The number of nitrogens with zero attached hydrogens (tertiary/aromatic N) is 5. The van der Waals surface area contributed by atoms with Gasteiger partial charge in [-0.3, -0.25) is 9.59 Å². The average Bonchev–Trinajstić information content (AvgIpc) is 3.24. The first-order valence-corrected chi connectivity index (χ1v) is 11.6. The van der Waals surface area contributed by atoms with Crippen LogP contribution in [0.4, 0.5) is 11.4 Å². The van der Waals surface area contributed by atoms with Crippen LogP contribution in [0, 0.1) is 6.92 Å². The van der Waals surface area contributed by atoms with E-state index in [0.29, 0.717) is 16.8 Å². The second-order valence-corrected chi connectivity index (χ2v) is 8.78. The van der Waals surface area contributed by atoms with Crippen LogP contribution < -0.4 is 15.8 Å². The SMILES string of the molecule is Cc1nn(CC(=O)Nc2ccc3c(c2)nc2n3CCN(c3ccccc3)C2)c(=O)c2ccccc12. The predicted octanol–water partition coefficient (Wildman–Crippen LogP) is 3.71. The number of aromatic nitrogens is 4. The van der Waals surface area contributed by atoms with Gasteiger partial charge in [0.2, 0.25) is 5.91 Å². The molecule has 1 aliphatic heterocycles. The van der Waals surface area contributed by atoms with E-state index in [9.17, 15) is 9.59 Å². The minimum absolute atomic E-state index is 0.158. The van der Waals surface area contributed by atoms with E-state index in [1.54, 1.807) is 6.07 Å². The number of imidazole rings is 1. The van der Waals surface area contributed by atoms with E-state index in [0.717, 1.165) is 41.9 Å². The summed E-state index contributed by atoms with van der Waals surface area (Å²) in [4.78, 5) is 32.7. The summed E-state index contributed by atoms with van der Waals surface area (Å²) in [7, 11) is 0. The minimum atomic E-state index is -0.312. The highest BCUT2D eigenvalue weighted by Gasteiger charge is 2.20. The molecule has 0 saturated heterocycles. The molecule has 35 heavy (non-hydrogen) atoms. The van der Waals surface area contributed by atoms with E-state index >= 15 is 0 Å². The molecule has 6 rings (SSSR count). The highest BCUT2D eigenvalue weighted by molar-refractivity contribution is 5.93. The smallest absolute Gasteiger partial charge is 0.275 e. The van der Waals surface area contributed by atoms with Crippen LogP contribution in [0.25, 0.3) is 21.8 Å². The van der Waals surface area contributed by atoms with Gasteiger partial charge in [-0.25, -0.2) is 9.67 Å². The zero-order valence-corrected chi connectivity index (χ0v) is 19.3. The predicted molar refractivity (Wildman–Crippen MR) is 137 cm³/mol. The van der Waals surface area contributed by atoms with Gasteiger partial charge in [-0.1, -0.05) is 36.4 Å². The summed E-state index contributed by atoms with van der Waals surface area (Å²) < 4.78 is 3.46. The van der Waals surface area contributed by atoms with E-state index < -0.39 is 0 Å². The first-order valence-electron chi connectivity index (χ1n) is 11.6. The zero-order valence-electron chi connectivity index (χ0n) is 19.3. The van der Waals surface area contributed by atoms with E-state index in [1.165, 1.54) is 10.4 Å². The first kappa shape index (κ1) is 21.1. The van der Waals surface area contributed by atoms with Crippen molar-refractivity contribution in [1.82, 2.24) is 19.3 Å². The van der Waals surface area contributed by atoms with Crippen molar-refractivity contribution in [3.63, 3.8) is 0 Å². The number of aryl methyl sites for hydroxylation is 1. The number of carbonyl (C=O) groups excluding carboxylic acids is 1. The van der Waals surface area contributed by atoms with Crippen molar-refractivity contribution >= 4 is 39.1 Å². The zero-order chi connectivity index (χ0) is 23.9. The Morgan fingerprint density at radius 3 is 2.57 bits per heavy atom. The normalized spacial score (nSPS) is 13.2. The minimum Gasteiger partial charge on any atom is -0.362 e. The number of anilines is 2. The van der Waals surface area contributed by atoms with E-state index in [1.807, 2.05) is 61.5 Å². The molecular weight excluding hydrogens is 440 g/mol. The lowest BCUT2D eigenvalue weighted by Gasteiger charge is -2.29. The highest BCUT2D eigenvalue weighted by atomic mass is 16.2. The maximum Gasteiger partial charge on any atom is 0.275 e. The van der Waals surface area contributed by atoms with Crippen LogP contribution in [-0.2, 0) is 24.4 Å². The molecule has 1 amide bonds. The Hall–Kier alpha value is -4.46. The van der Waals surface area contributed by atoms with Crippen LogP contribution in [0.15, 0.2) is 77.6 Å². The summed E-state index contributed by atoms with van der Waals surface area (Å²) in [5, 5.41) is 8.58. The van der Waals surface area contributed by atoms with Crippen LogP contribution in [0.1, 0.15) is 11.5 Å². The molecule has 1 aliphatic rings. The molecule has 0 unspecified atom stereocenters. The molecule has 3 heterocycles. The Balaban J connectivity index is 1.22. The van der Waals surface area contributed by atoms with Crippen LogP contribution in [-0.4, -0.2) is 31.8 Å². The van der Waals surface area contributed by atoms with Gasteiger partial charge in [0.25, 0.3) is 5.56 Å². The van der Waals surface area contributed by atoms with Gasteiger partial charge in [0.15, 0.2) is 0 Å². The maximum atomic E-state index is 12.8. The fraction of sp³-hybridized carbons (Fsp3) is 0.185. The second kappa shape index (κ2) is 8.39. The number of hydrogen-bond acceptors (Lipinski definition) is 5. The number of para-hydroxylation sites is 1. The Morgan fingerprint density at radius 2 is 1.74 bits per heavy atom. The molecule has 0 aliphatic carbocycles. The summed E-state index contributed by atoms with van der Waals surface area (Å²) in [6.45, 7) is 4.17. The van der Waals surface area contributed by atoms with E-state index in [4.69, 9.17) is 4.98 Å². The van der Waals surface area contributed by atoms with Crippen molar-refractivity contribution in [1.29, 1.82) is 0 Å². The third kappa shape index (κ3) is 3.82. The number of amides is 1. The summed E-state index contributed by atoms with van der Waals surface area (Å²) in [6.07, 6.45) is 0. The van der Waals surface area contributed by atoms with Gasteiger partial charge in [0, 0.05) is 29.9 Å². The van der Waals surface area contributed by atoms with Crippen molar-refractivity contribution in [3.8, 4) is 0 Å². The van der Waals surface area contributed by atoms with Gasteiger partial charge < -0.3 is 14.8 Å². The van der Waals surface area contributed by atoms with Gasteiger partial charge in [0.1, 0.15) is 12.4 Å². The maximum absolute atomic E-state index is 12.8. The fourth-order valence-corrected chi connectivity index (χ4v) is 4.81. The Labute approximate surface area is 201 Å². The van der Waals surface area contributed by atoms with Crippen molar-refractivity contribution in [2.45, 2.75) is 26.6 Å². The number of benzene rings is 3. The van der Waals surface area contributed by atoms with Crippen LogP contribution >= 0.6 is 0 Å². The van der Waals surface area contributed by atoms with Crippen molar-refractivity contribution < 1.29 is 4.79 Å². The van der Waals surface area contributed by atoms with E-state index in [2.05, 4.69) is 32.0 Å². The van der Waals surface area contributed by atoms with Crippen LogP contribution in [0.3, 0.4) is 0 Å². The quantitative estimate of drug-likeness (QED) is 0.438. The molecule has 0 radical (unpaired) electrons. The number of fused-ring (bicyclic) bond motifs is 4. The average molecular weight is 465 g/mol. The van der Waals surface area contributed by atoms with Crippen LogP contribution in [0.5, 0.6) is 0 Å². The fourth-order valence-electron chi connectivity index (χ4n) is 4.81. The monoisotopic (exact) mass is 464 g/mol. The number of rotatable bonds is 4. The Bertz CT molecular complexity index is 1640. The Morgan fingerprint density at radius 1 is 0.971 bits per heavy atom. The molecule has 0 atom stereocenters. The lowest BCUT2D eigenvalue weighted by molar-refractivity contribution is -0.117. The van der Waals surface area contributed by atoms with Crippen molar-refractivity contribution in [2.75, 3.05) is 16.8 Å². The number of nitrogens with one attached hydrogen (secondary N) is 1. The van der Waals surface area contributed by atoms with Gasteiger partial charge in [-0.2, -0.15) is 5.10 Å². The van der Waals surface area contributed by atoms with Gasteiger partial charge >= 0.3 is 0 Å². The third-order valence-corrected chi connectivity index (χ3v) is 6.50. The van der Waals surface area contributed by atoms with Crippen LogP contribution in [0.2, 0.25) is 0 Å². The lowest BCUT2D eigenvalue weighted by atomic mass is 10.1. The summed E-state index contributed by atoms with van der Waals surface area (Å²) >= 11 is 0. The summed E-state index contributed by atoms with van der Waals surface area (Å²) in [5.74, 6) is 0.689. The molecule has 174 valence electrons. The van der Waals surface area contributed by atoms with Gasteiger partial charge in [-0.05, 0) is 43.3 Å². The first-order chi connectivity index (χ1) is 17.1. The molecule has 3 aromatic carbocycles. The molecule has 0 spiro atoms. The van der Waals surface area contributed by atoms with Gasteiger partial charge in [0.05, 0.1) is 28.7 Å². The van der Waals surface area contributed by atoms with E-state index in [-0.39, 0.29) is 18.0 Å². The number of hydrogen-bond donors (Lipinski definition) is 1. The molecular formula is C27H24N6O2. The molecule has 2 aromatic heterocycles. The van der Waals surface area contributed by atoms with Crippen molar-refractivity contribution in [2.24, 2.45) is 0 Å². The topological polar surface area (TPSA) is 85.1 Å². The summed E-state index contributed by atoms with van der Waals surface area (Å²) in [6, 6.07) is 23.4. The molecule has 8 nitrogen and oxygen atoms in total. The molecule has 0 fully saturated rings. The molecule has 8 heteroatoms. The molecule has 0 bridgehead atoms. The summed E-state index contributed by atoms with van der Waals surface area (Å²) in [5.41, 5.74) is 4.15. The van der Waals surface area contributed by atoms with Crippen molar-refractivity contribution in [3.05, 3.63) is 94.7 Å². The van der Waals surface area contributed by atoms with Gasteiger partial charge in [-0.15, -0.1) is 0 Å². The Kier molecular flexibility index (Phi) is 5.06.